The third-order valence-electron chi connectivity index (χ3n) is 2.39. The first-order chi connectivity index (χ1) is 6.00. The van der Waals surface area contributed by atoms with Crippen molar-refractivity contribution in [3.63, 3.8) is 0 Å². The van der Waals surface area contributed by atoms with E-state index in [2.05, 4.69) is 0 Å². The third kappa shape index (κ3) is 1.30. The van der Waals surface area contributed by atoms with Crippen molar-refractivity contribution in [2.75, 3.05) is 7.11 Å². The van der Waals surface area contributed by atoms with E-state index < -0.39 is 0 Å². The van der Waals surface area contributed by atoms with Gasteiger partial charge in [0.2, 0.25) is 0 Å². The fourth-order valence-electron chi connectivity index (χ4n) is 1.34. The highest BCUT2D eigenvalue weighted by Gasteiger charge is 2.16. The van der Waals surface area contributed by atoms with Gasteiger partial charge in [0, 0.05) is 11.1 Å². The Labute approximate surface area is 77.6 Å². The molecule has 0 saturated carbocycles. The Morgan fingerprint density at radius 1 is 0.846 bits per heavy atom. The lowest BCUT2D eigenvalue weighted by molar-refractivity contribution is 0.362. The van der Waals surface area contributed by atoms with Crippen molar-refractivity contribution in [1.29, 1.82) is 0 Å². The Hall–Kier alpha value is -1.38. The quantitative estimate of drug-likeness (QED) is 0.653. The lowest BCUT2D eigenvalue weighted by Gasteiger charge is -2.14. The molecule has 0 bridgehead atoms. The van der Waals surface area contributed by atoms with E-state index in [4.69, 9.17) is 4.74 Å². The second kappa shape index (κ2) is 3.17. The molecule has 0 spiro atoms. The Morgan fingerprint density at radius 2 is 1.31 bits per heavy atom. The fourth-order valence-corrected chi connectivity index (χ4v) is 1.34. The highest BCUT2D eigenvalue weighted by Crippen LogP contribution is 2.41. The zero-order valence-corrected chi connectivity index (χ0v) is 8.30. The minimum atomic E-state index is 0.107. The third-order valence-corrected chi connectivity index (χ3v) is 2.39. The van der Waals surface area contributed by atoms with Gasteiger partial charge in [0.05, 0.1) is 7.11 Å². The van der Waals surface area contributed by atoms with Gasteiger partial charge in [0.25, 0.3) is 0 Å². The molecule has 0 atom stereocenters. The maximum atomic E-state index is 9.65. The minimum Gasteiger partial charge on any atom is -0.507 e. The second-order valence-corrected chi connectivity index (χ2v) is 3.11. The van der Waals surface area contributed by atoms with Crippen molar-refractivity contribution in [2.24, 2.45) is 0 Å². The van der Waals surface area contributed by atoms with Gasteiger partial charge in [-0.3, -0.25) is 0 Å². The van der Waals surface area contributed by atoms with Gasteiger partial charge in [0.1, 0.15) is 5.75 Å². The number of rotatable bonds is 1. The normalized spacial score (nSPS) is 10.2. The Kier molecular flexibility index (Phi) is 2.36. The summed E-state index contributed by atoms with van der Waals surface area (Å²) in [5.41, 5.74) is 1.92. The van der Waals surface area contributed by atoms with Crippen LogP contribution in [0.1, 0.15) is 16.7 Å². The van der Waals surface area contributed by atoms with Gasteiger partial charge in [-0.25, -0.2) is 0 Å². The zero-order chi connectivity index (χ0) is 10.2. The molecule has 0 aromatic heterocycles. The molecule has 3 heteroatoms. The number of methoxy groups -OCH3 is 1. The summed E-state index contributed by atoms with van der Waals surface area (Å²) in [6.07, 6.45) is 0. The molecule has 0 aliphatic carbocycles. The van der Waals surface area contributed by atoms with Crippen LogP contribution < -0.4 is 4.74 Å². The minimum absolute atomic E-state index is 0.107. The summed E-state index contributed by atoms with van der Waals surface area (Å²) >= 11 is 0. The molecule has 1 rings (SSSR count). The van der Waals surface area contributed by atoms with E-state index in [0.717, 1.165) is 0 Å². The number of phenols is 2. The topological polar surface area (TPSA) is 49.7 Å². The summed E-state index contributed by atoms with van der Waals surface area (Å²) in [5, 5.41) is 19.3. The van der Waals surface area contributed by atoms with E-state index >= 15 is 0 Å². The van der Waals surface area contributed by atoms with Crippen LogP contribution in [-0.4, -0.2) is 17.3 Å². The predicted octanol–water partition coefficient (Wildman–Crippen LogP) is 2.03. The number of hydrogen-bond donors (Lipinski definition) is 2. The first kappa shape index (κ1) is 9.71. The molecule has 0 amide bonds. The number of aromatic hydroxyl groups is 2. The molecule has 0 heterocycles. The molecule has 2 N–H and O–H groups in total. The van der Waals surface area contributed by atoms with Crippen LogP contribution in [0.5, 0.6) is 17.2 Å². The molecule has 3 nitrogen and oxygen atoms in total. The molecule has 0 radical (unpaired) electrons. The average Bonchev–Trinajstić information content (AvgIpc) is 2.13. The molecule has 0 aliphatic rings. The molecule has 0 unspecified atom stereocenters. The first-order valence-electron chi connectivity index (χ1n) is 4.06. The summed E-state index contributed by atoms with van der Waals surface area (Å²) in [6, 6.07) is 0. The van der Waals surface area contributed by atoms with Crippen molar-refractivity contribution in [3.05, 3.63) is 16.7 Å². The van der Waals surface area contributed by atoms with Gasteiger partial charge in [-0.15, -0.1) is 0 Å². The van der Waals surface area contributed by atoms with Crippen molar-refractivity contribution < 1.29 is 14.9 Å². The van der Waals surface area contributed by atoms with E-state index in [1.165, 1.54) is 7.11 Å². The summed E-state index contributed by atoms with van der Waals surface area (Å²) in [6.45, 7) is 5.21. The molecule has 1 aromatic rings. The van der Waals surface area contributed by atoms with Gasteiger partial charge in [-0.1, -0.05) is 0 Å². The van der Waals surface area contributed by atoms with Crippen LogP contribution in [0.4, 0.5) is 0 Å². The Bertz CT molecular complexity index is 314. The number of phenolic OH excluding ortho intramolecular Hbond substituents is 2. The van der Waals surface area contributed by atoms with Crippen LogP contribution in [0.2, 0.25) is 0 Å². The van der Waals surface area contributed by atoms with Gasteiger partial charge in [0.15, 0.2) is 11.5 Å². The molecular weight excluding hydrogens is 168 g/mol. The second-order valence-electron chi connectivity index (χ2n) is 3.11. The highest BCUT2D eigenvalue weighted by atomic mass is 16.5. The standard InChI is InChI=1S/C10H14O3/c1-5-6(2)9(12)10(13-4)7(3)8(5)11/h11-12H,1-4H3. The van der Waals surface area contributed by atoms with E-state index in [1.807, 2.05) is 0 Å². The number of hydrogen-bond acceptors (Lipinski definition) is 3. The van der Waals surface area contributed by atoms with Crippen LogP contribution in [0.15, 0.2) is 0 Å². The van der Waals surface area contributed by atoms with Crippen molar-refractivity contribution >= 4 is 0 Å². The summed E-state index contributed by atoms with van der Waals surface area (Å²) in [4.78, 5) is 0. The fraction of sp³-hybridized carbons (Fsp3) is 0.400. The van der Waals surface area contributed by atoms with E-state index in [0.29, 0.717) is 22.4 Å². The predicted molar refractivity (Wildman–Crippen MR) is 50.5 cm³/mol. The van der Waals surface area contributed by atoms with E-state index in [-0.39, 0.29) is 11.5 Å². The van der Waals surface area contributed by atoms with Gasteiger partial charge >= 0.3 is 0 Å². The molecule has 13 heavy (non-hydrogen) atoms. The Balaban J connectivity index is 3.56. The maximum Gasteiger partial charge on any atom is 0.167 e. The molecule has 1 aromatic carbocycles. The SMILES string of the molecule is COc1c(C)c(O)c(C)c(C)c1O. The van der Waals surface area contributed by atoms with Crippen molar-refractivity contribution in [1.82, 2.24) is 0 Å². The van der Waals surface area contributed by atoms with Crippen molar-refractivity contribution in [2.45, 2.75) is 20.8 Å². The van der Waals surface area contributed by atoms with Gasteiger partial charge in [-0.05, 0) is 26.3 Å². The maximum absolute atomic E-state index is 9.65. The summed E-state index contributed by atoms with van der Waals surface area (Å²) < 4.78 is 4.98. The number of benzene rings is 1. The highest BCUT2D eigenvalue weighted by molar-refractivity contribution is 5.60. The Morgan fingerprint density at radius 3 is 1.77 bits per heavy atom. The molecule has 0 saturated heterocycles. The van der Waals surface area contributed by atoms with Crippen LogP contribution in [0, 0.1) is 20.8 Å². The number of ether oxygens (including phenoxy) is 1. The van der Waals surface area contributed by atoms with Crippen LogP contribution in [0.25, 0.3) is 0 Å². The van der Waals surface area contributed by atoms with Crippen LogP contribution >= 0.6 is 0 Å². The largest absolute Gasteiger partial charge is 0.507 e. The van der Waals surface area contributed by atoms with Gasteiger partial charge < -0.3 is 14.9 Å². The van der Waals surface area contributed by atoms with Crippen molar-refractivity contribution in [3.8, 4) is 17.2 Å². The zero-order valence-electron chi connectivity index (χ0n) is 8.30. The van der Waals surface area contributed by atoms with Gasteiger partial charge in [-0.2, -0.15) is 0 Å². The molecule has 0 fully saturated rings. The lowest BCUT2D eigenvalue weighted by atomic mass is 10.0. The first-order valence-corrected chi connectivity index (χ1v) is 4.06. The molecule has 0 aliphatic heterocycles. The molecular formula is C10H14O3. The monoisotopic (exact) mass is 182 g/mol. The average molecular weight is 182 g/mol. The summed E-state index contributed by atoms with van der Waals surface area (Å²) in [5.74, 6) is 0.642. The summed E-state index contributed by atoms with van der Waals surface area (Å²) in [7, 11) is 1.47. The van der Waals surface area contributed by atoms with Crippen LogP contribution in [0.3, 0.4) is 0 Å². The smallest absolute Gasteiger partial charge is 0.167 e. The van der Waals surface area contributed by atoms with E-state index in [9.17, 15) is 10.2 Å². The lowest BCUT2D eigenvalue weighted by Crippen LogP contribution is -1.93. The molecule has 72 valence electrons. The van der Waals surface area contributed by atoms with E-state index in [1.54, 1.807) is 20.8 Å². The van der Waals surface area contributed by atoms with Crippen LogP contribution in [-0.2, 0) is 0 Å².